The van der Waals surface area contributed by atoms with Crippen LogP contribution in [0.15, 0.2) is 34.3 Å². The van der Waals surface area contributed by atoms with Gasteiger partial charge < -0.3 is 20.3 Å². The minimum absolute atomic E-state index is 0.0558. The van der Waals surface area contributed by atoms with E-state index < -0.39 is 11.6 Å². The van der Waals surface area contributed by atoms with E-state index in [1.807, 2.05) is 26.0 Å². The lowest BCUT2D eigenvalue weighted by atomic mass is 10.1. The van der Waals surface area contributed by atoms with Gasteiger partial charge in [-0.2, -0.15) is 9.97 Å². The zero-order chi connectivity index (χ0) is 22.2. The summed E-state index contributed by atoms with van der Waals surface area (Å²) in [7, 11) is 0. The Kier molecular flexibility index (Phi) is 5.34. The van der Waals surface area contributed by atoms with Gasteiger partial charge in [0, 0.05) is 49.4 Å². The quantitative estimate of drug-likeness (QED) is 0.759. The van der Waals surface area contributed by atoms with E-state index in [1.54, 1.807) is 6.08 Å². The fraction of sp³-hybridized carbons (Fsp3) is 0.348. The van der Waals surface area contributed by atoms with Gasteiger partial charge in [0.05, 0.1) is 6.54 Å². The lowest BCUT2D eigenvalue weighted by molar-refractivity contribution is 0.405. The summed E-state index contributed by atoms with van der Waals surface area (Å²) in [6.07, 6.45) is 3.99. The molecule has 0 amide bonds. The topological polar surface area (TPSA) is 74.7 Å². The largest absolute Gasteiger partial charge is 0.421 e. The molecular formula is C23H24F2N6O. The van der Waals surface area contributed by atoms with Crippen molar-refractivity contribution in [3.8, 4) is 11.8 Å². The normalized spacial score (nSPS) is 17.6. The van der Waals surface area contributed by atoms with Crippen LogP contribution in [0.3, 0.4) is 0 Å². The highest BCUT2D eigenvalue weighted by Crippen LogP contribution is 2.36. The van der Waals surface area contributed by atoms with E-state index in [0.29, 0.717) is 36.0 Å². The first kappa shape index (κ1) is 20.6. The molecule has 1 aliphatic carbocycles. The third kappa shape index (κ3) is 4.08. The van der Waals surface area contributed by atoms with Crippen molar-refractivity contribution in [1.29, 1.82) is 0 Å². The van der Waals surface area contributed by atoms with Gasteiger partial charge in [0.15, 0.2) is 11.6 Å². The molecule has 0 unspecified atom stereocenters. The molecule has 0 saturated carbocycles. The second kappa shape index (κ2) is 8.31. The van der Waals surface area contributed by atoms with Crippen LogP contribution in [-0.4, -0.2) is 48.5 Å². The number of aliphatic imine (C=N–C) groups is 1. The highest BCUT2D eigenvalue weighted by molar-refractivity contribution is 6.05. The maximum absolute atomic E-state index is 15.1. The van der Waals surface area contributed by atoms with Crippen molar-refractivity contribution in [2.75, 3.05) is 42.9 Å². The summed E-state index contributed by atoms with van der Waals surface area (Å²) in [5, 5.41) is 6.48. The number of hydrogen-bond donors (Lipinski definition) is 2. The summed E-state index contributed by atoms with van der Waals surface area (Å²) < 4.78 is 35.4. The number of piperazine rings is 1. The van der Waals surface area contributed by atoms with E-state index in [0.717, 1.165) is 43.4 Å². The molecule has 9 heteroatoms. The van der Waals surface area contributed by atoms with Gasteiger partial charge in [-0.1, -0.05) is 11.6 Å². The van der Waals surface area contributed by atoms with E-state index in [1.165, 1.54) is 0 Å². The highest BCUT2D eigenvalue weighted by atomic mass is 19.1. The van der Waals surface area contributed by atoms with Crippen LogP contribution in [-0.2, 0) is 6.42 Å². The Balaban J connectivity index is 1.50. The number of halogens is 2. The summed E-state index contributed by atoms with van der Waals surface area (Å²) in [6.45, 7) is 7.67. The molecule has 2 aromatic rings. The summed E-state index contributed by atoms with van der Waals surface area (Å²) in [5.41, 5.74) is 2.63. The molecule has 3 heterocycles. The molecule has 166 valence electrons. The smallest absolute Gasteiger partial charge is 0.326 e. The van der Waals surface area contributed by atoms with Crippen molar-refractivity contribution in [3.05, 3.63) is 52.1 Å². The van der Waals surface area contributed by atoms with Crippen molar-refractivity contribution in [3.63, 3.8) is 0 Å². The Morgan fingerprint density at radius 3 is 2.62 bits per heavy atom. The third-order valence-electron chi connectivity index (χ3n) is 5.64. The minimum atomic E-state index is -0.609. The highest BCUT2D eigenvalue weighted by Gasteiger charge is 2.24. The average Bonchev–Trinajstić information content (AvgIpc) is 3.38. The van der Waals surface area contributed by atoms with E-state index >= 15 is 4.39 Å². The predicted octanol–water partition coefficient (Wildman–Crippen LogP) is 3.69. The fourth-order valence-corrected chi connectivity index (χ4v) is 4.06. The van der Waals surface area contributed by atoms with E-state index in [4.69, 9.17) is 4.74 Å². The van der Waals surface area contributed by atoms with E-state index in [2.05, 4.69) is 30.5 Å². The summed E-state index contributed by atoms with van der Waals surface area (Å²) in [6, 6.07) is 2.83. The number of fused-ring (bicyclic) bond motifs is 1. The second-order valence-corrected chi connectivity index (χ2v) is 8.28. The first-order chi connectivity index (χ1) is 15.5. The van der Waals surface area contributed by atoms with Crippen LogP contribution in [0.4, 0.5) is 20.4 Å². The molecule has 2 N–H and O–H groups in total. The molecule has 1 aromatic carbocycles. The molecule has 7 nitrogen and oxygen atoms in total. The maximum atomic E-state index is 15.1. The fourth-order valence-electron chi connectivity index (χ4n) is 4.06. The molecule has 1 saturated heterocycles. The van der Waals surface area contributed by atoms with Gasteiger partial charge in [-0.05, 0) is 31.9 Å². The lowest BCUT2D eigenvalue weighted by Gasteiger charge is -2.28. The first-order valence-electron chi connectivity index (χ1n) is 10.7. The lowest BCUT2D eigenvalue weighted by Crippen LogP contribution is -2.44. The average molecular weight is 438 g/mol. The van der Waals surface area contributed by atoms with Crippen molar-refractivity contribution >= 4 is 23.5 Å². The van der Waals surface area contributed by atoms with Gasteiger partial charge >= 0.3 is 6.01 Å². The van der Waals surface area contributed by atoms with Crippen LogP contribution >= 0.6 is 0 Å². The Morgan fingerprint density at radius 1 is 1.06 bits per heavy atom. The zero-order valence-electron chi connectivity index (χ0n) is 18.0. The van der Waals surface area contributed by atoms with Crippen molar-refractivity contribution in [1.82, 2.24) is 15.3 Å². The molecular weight excluding hydrogens is 414 g/mol. The molecule has 5 rings (SSSR count). The van der Waals surface area contributed by atoms with Gasteiger partial charge in [-0.3, -0.25) is 4.99 Å². The molecule has 1 aromatic heterocycles. The number of benzene rings is 1. The van der Waals surface area contributed by atoms with Crippen LogP contribution in [0.2, 0.25) is 0 Å². The molecule has 32 heavy (non-hydrogen) atoms. The van der Waals surface area contributed by atoms with Gasteiger partial charge in [0.2, 0.25) is 0 Å². The van der Waals surface area contributed by atoms with Crippen molar-refractivity contribution < 1.29 is 13.5 Å². The predicted molar refractivity (Wildman–Crippen MR) is 121 cm³/mol. The van der Waals surface area contributed by atoms with E-state index in [-0.39, 0.29) is 17.3 Å². The molecule has 2 aliphatic heterocycles. The summed E-state index contributed by atoms with van der Waals surface area (Å²) >= 11 is 0. The van der Waals surface area contributed by atoms with E-state index in [9.17, 15) is 4.39 Å². The SMILES string of the molecule is CC1=CC(Nc2cc(N3CCNCC3)nc(Oc3cc(F)c4c(c3F)C=C(C)C4)n2)=NC1. The Labute approximate surface area is 184 Å². The first-order valence-corrected chi connectivity index (χ1v) is 10.7. The van der Waals surface area contributed by atoms with Gasteiger partial charge in [0.1, 0.15) is 23.3 Å². The maximum Gasteiger partial charge on any atom is 0.326 e. The number of aromatic nitrogens is 2. The van der Waals surface area contributed by atoms with Crippen LogP contribution in [0.5, 0.6) is 11.8 Å². The molecule has 1 fully saturated rings. The molecule has 0 radical (unpaired) electrons. The minimum Gasteiger partial charge on any atom is -0.421 e. The third-order valence-corrected chi connectivity index (χ3v) is 5.64. The monoisotopic (exact) mass is 438 g/mol. The van der Waals surface area contributed by atoms with Crippen LogP contribution < -0.4 is 20.3 Å². The number of nitrogens with zero attached hydrogens (tertiary/aromatic N) is 4. The number of hydrogen-bond acceptors (Lipinski definition) is 7. The summed E-state index contributed by atoms with van der Waals surface area (Å²) in [5.74, 6) is 0.477. The van der Waals surface area contributed by atoms with Gasteiger partial charge in [-0.25, -0.2) is 8.78 Å². The second-order valence-electron chi connectivity index (χ2n) is 8.28. The number of allylic oxidation sites excluding steroid dienone is 1. The zero-order valence-corrected chi connectivity index (χ0v) is 18.0. The number of amidine groups is 1. The number of rotatable bonds is 4. The number of nitrogens with one attached hydrogen (secondary N) is 2. The van der Waals surface area contributed by atoms with Crippen LogP contribution in [0, 0.1) is 11.6 Å². The molecule has 0 spiro atoms. The van der Waals surface area contributed by atoms with Gasteiger partial charge in [-0.15, -0.1) is 0 Å². The Morgan fingerprint density at radius 2 is 1.88 bits per heavy atom. The summed E-state index contributed by atoms with van der Waals surface area (Å²) in [4.78, 5) is 15.4. The Hall–Kier alpha value is -3.33. The van der Waals surface area contributed by atoms with Crippen LogP contribution in [0.25, 0.3) is 6.08 Å². The van der Waals surface area contributed by atoms with Crippen LogP contribution in [0.1, 0.15) is 25.0 Å². The number of ether oxygens (including phenoxy) is 1. The molecule has 3 aliphatic rings. The molecule has 0 bridgehead atoms. The standard InChI is InChI=1S/C23H24F2N6O/c1-13-7-15-16(8-13)22(25)18(10-17(15)24)32-23-29-20(28-19-9-14(2)12-27-19)11-21(30-23)31-5-3-26-4-6-31/h8-11,26H,3-7,12H2,1-2H3,(H,27,28,29,30). The Bertz CT molecular complexity index is 1170. The molecule has 0 atom stereocenters. The van der Waals surface area contributed by atoms with Crippen molar-refractivity contribution in [2.24, 2.45) is 4.99 Å². The van der Waals surface area contributed by atoms with Crippen molar-refractivity contribution in [2.45, 2.75) is 20.3 Å². The van der Waals surface area contributed by atoms with Gasteiger partial charge in [0.25, 0.3) is 0 Å². The number of anilines is 2.